The van der Waals surface area contributed by atoms with Crippen LogP contribution in [0.5, 0.6) is 5.75 Å². The number of nitriles is 1. The van der Waals surface area contributed by atoms with Crippen molar-refractivity contribution >= 4 is 0 Å². The molecule has 0 saturated heterocycles. The normalized spacial score (nSPS) is 10.9. The number of benzene rings is 1. The fraction of sp³-hybridized carbons (Fsp3) is 0.500. The molecule has 92 valence electrons. The van der Waals surface area contributed by atoms with Crippen molar-refractivity contribution in [2.24, 2.45) is 0 Å². The molecule has 1 rings (SSSR count). The minimum absolute atomic E-state index is 0.530. The molecule has 3 heteroatoms. The van der Waals surface area contributed by atoms with Crippen LogP contribution in [0, 0.1) is 11.3 Å². The van der Waals surface area contributed by atoms with E-state index in [2.05, 4.69) is 6.07 Å². The van der Waals surface area contributed by atoms with Gasteiger partial charge in [-0.2, -0.15) is 5.26 Å². The topological polar surface area (TPSA) is 42.2 Å². The summed E-state index contributed by atoms with van der Waals surface area (Å²) in [4.78, 5) is 0. The molecule has 0 aliphatic carbocycles. The molecule has 17 heavy (non-hydrogen) atoms. The minimum atomic E-state index is -0.530. The first-order valence-electron chi connectivity index (χ1n) is 5.74. The van der Waals surface area contributed by atoms with Crippen LogP contribution in [0.3, 0.4) is 0 Å². The van der Waals surface area contributed by atoms with Crippen molar-refractivity contribution in [3.05, 3.63) is 29.8 Å². The van der Waals surface area contributed by atoms with E-state index in [1.165, 1.54) is 0 Å². The van der Waals surface area contributed by atoms with E-state index in [1.54, 1.807) is 7.11 Å². The molecule has 0 radical (unpaired) electrons. The van der Waals surface area contributed by atoms with Crippen LogP contribution in [-0.4, -0.2) is 20.3 Å². The fourth-order valence-electron chi connectivity index (χ4n) is 1.55. The summed E-state index contributed by atoms with van der Waals surface area (Å²) in [7, 11) is 1.67. The lowest BCUT2D eigenvalue weighted by molar-refractivity contribution is 0.171. The number of nitrogens with zero attached hydrogens (tertiary/aromatic N) is 1. The van der Waals surface area contributed by atoms with E-state index in [1.807, 2.05) is 38.1 Å². The summed E-state index contributed by atoms with van der Waals surface area (Å²) in [6.45, 7) is 5.07. The zero-order valence-electron chi connectivity index (χ0n) is 10.7. The van der Waals surface area contributed by atoms with Gasteiger partial charge in [-0.1, -0.05) is 18.2 Å². The van der Waals surface area contributed by atoms with Crippen molar-refractivity contribution in [3.8, 4) is 11.8 Å². The van der Waals surface area contributed by atoms with Crippen molar-refractivity contribution in [2.45, 2.75) is 25.7 Å². The number of ether oxygens (including phenoxy) is 2. The SMILES string of the molecule is COCCCOc1ccccc1C(C)(C)C#N. The average Bonchev–Trinajstić information content (AvgIpc) is 2.35. The van der Waals surface area contributed by atoms with Crippen LogP contribution in [0.2, 0.25) is 0 Å². The van der Waals surface area contributed by atoms with Crippen LogP contribution in [0.1, 0.15) is 25.8 Å². The molecule has 0 unspecified atom stereocenters. The maximum Gasteiger partial charge on any atom is 0.124 e. The van der Waals surface area contributed by atoms with E-state index < -0.39 is 5.41 Å². The standard InChI is InChI=1S/C14H19NO2/c1-14(2,11-15)12-7-4-5-8-13(12)17-10-6-9-16-3/h4-5,7-8H,6,9-10H2,1-3H3. The molecule has 0 heterocycles. The van der Waals surface area contributed by atoms with E-state index in [0.29, 0.717) is 13.2 Å². The van der Waals surface area contributed by atoms with Gasteiger partial charge in [0.1, 0.15) is 5.75 Å². The fourth-order valence-corrected chi connectivity index (χ4v) is 1.55. The lowest BCUT2D eigenvalue weighted by Crippen LogP contribution is -2.16. The third kappa shape index (κ3) is 3.76. The Hall–Kier alpha value is -1.53. The maximum absolute atomic E-state index is 9.16. The Bertz CT molecular complexity index is 393. The molecule has 1 aromatic carbocycles. The van der Waals surface area contributed by atoms with Gasteiger partial charge >= 0.3 is 0 Å². The second-order valence-corrected chi connectivity index (χ2v) is 4.43. The highest BCUT2D eigenvalue weighted by molar-refractivity contribution is 5.42. The van der Waals surface area contributed by atoms with Gasteiger partial charge in [-0.15, -0.1) is 0 Å². The highest BCUT2D eigenvalue weighted by Crippen LogP contribution is 2.30. The van der Waals surface area contributed by atoms with E-state index in [0.717, 1.165) is 17.7 Å². The monoisotopic (exact) mass is 233 g/mol. The Labute approximate surface area is 103 Å². The van der Waals surface area contributed by atoms with Crippen molar-refractivity contribution in [3.63, 3.8) is 0 Å². The summed E-state index contributed by atoms with van der Waals surface area (Å²) < 4.78 is 10.7. The van der Waals surface area contributed by atoms with E-state index in [9.17, 15) is 0 Å². The molecule has 0 fully saturated rings. The molecule has 0 saturated carbocycles. The van der Waals surface area contributed by atoms with Crippen molar-refractivity contribution in [2.75, 3.05) is 20.3 Å². The Morgan fingerprint density at radius 1 is 1.24 bits per heavy atom. The lowest BCUT2D eigenvalue weighted by Gasteiger charge is -2.20. The summed E-state index contributed by atoms with van der Waals surface area (Å²) in [6, 6.07) is 9.98. The molecule has 0 atom stereocenters. The third-order valence-corrected chi connectivity index (χ3v) is 2.59. The quantitative estimate of drug-likeness (QED) is 0.709. The third-order valence-electron chi connectivity index (χ3n) is 2.59. The molecule has 0 aliphatic heterocycles. The second kappa shape index (κ2) is 6.27. The van der Waals surface area contributed by atoms with Crippen LogP contribution in [0.25, 0.3) is 0 Å². The molecule has 0 bridgehead atoms. The lowest BCUT2D eigenvalue weighted by atomic mass is 9.86. The van der Waals surface area contributed by atoms with Crippen LogP contribution in [0.4, 0.5) is 0 Å². The van der Waals surface area contributed by atoms with Crippen LogP contribution >= 0.6 is 0 Å². The van der Waals surface area contributed by atoms with E-state index in [-0.39, 0.29) is 0 Å². The van der Waals surface area contributed by atoms with Crippen LogP contribution in [0.15, 0.2) is 24.3 Å². The summed E-state index contributed by atoms with van der Waals surface area (Å²) in [6.07, 6.45) is 0.845. The predicted molar refractivity (Wildman–Crippen MR) is 67.1 cm³/mol. The first-order valence-corrected chi connectivity index (χ1v) is 5.74. The number of rotatable bonds is 6. The van der Waals surface area contributed by atoms with E-state index >= 15 is 0 Å². The van der Waals surface area contributed by atoms with Gasteiger partial charge in [0, 0.05) is 25.7 Å². The molecular formula is C14H19NO2. The maximum atomic E-state index is 9.16. The molecule has 0 spiro atoms. The van der Waals surface area contributed by atoms with Gasteiger partial charge in [-0.3, -0.25) is 0 Å². The number of hydrogen-bond acceptors (Lipinski definition) is 3. The Morgan fingerprint density at radius 2 is 1.94 bits per heavy atom. The van der Waals surface area contributed by atoms with Crippen molar-refractivity contribution in [1.29, 1.82) is 5.26 Å². The summed E-state index contributed by atoms with van der Waals surface area (Å²) in [5, 5.41) is 9.16. The molecule has 3 nitrogen and oxygen atoms in total. The highest BCUT2D eigenvalue weighted by atomic mass is 16.5. The first-order chi connectivity index (χ1) is 8.11. The van der Waals surface area contributed by atoms with Crippen molar-refractivity contribution in [1.82, 2.24) is 0 Å². The second-order valence-electron chi connectivity index (χ2n) is 4.43. The molecule has 0 aromatic heterocycles. The smallest absolute Gasteiger partial charge is 0.124 e. The Kier molecular flexibility index (Phi) is 4.99. The first kappa shape index (κ1) is 13.5. The molecule has 0 aliphatic rings. The van der Waals surface area contributed by atoms with E-state index in [4.69, 9.17) is 14.7 Å². The summed E-state index contributed by atoms with van der Waals surface area (Å²) >= 11 is 0. The number of hydrogen-bond donors (Lipinski definition) is 0. The Balaban J connectivity index is 2.76. The van der Waals surface area contributed by atoms with Gasteiger partial charge in [0.2, 0.25) is 0 Å². The predicted octanol–water partition coefficient (Wildman–Crippen LogP) is 2.90. The van der Waals surface area contributed by atoms with Crippen molar-refractivity contribution < 1.29 is 9.47 Å². The number of methoxy groups -OCH3 is 1. The van der Waals surface area contributed by atoms with Crippen LogP contribution < -0.4 is 4.74 Å². The average molecular weight is 233 g/mol. The summed E-state index contributed by atoms with van der Waals surface area (Å²) in [5.74, 6) is 0.787. The van der Waals surface area contributed by atoms with Gasteiger partial charge in [-0.25, -0.2) is 0 Å². The minimum Gasteiger partial charge on any atom is -0.493 e. The molecule has 0 N–H and O–H groups in total. The summed E-state index contributed by atoms with van der Waals surface area (Å²) in [5.41, 5.74) is 0.401. The molecular weight excluding hydrogens is 214 g/mol. The van der Waals surface area contributed by atoms with Gasteiger partial charge in [0.05, 0.1) is 18.1 Å². The van der Waals surface area contributed by atoms with Gasteiger partial charge in [-0.05, 0) is 19.9 Å². The van der Waals surface area contributed by atoms with Crippen LogP contribution in [-0.2, 0) is 10.2 Å². The molecule has 0 amide bonds. The Morgan fingerprint density at radius 3 is 2.59 bits per heavy atom. The zero-order valence-corrected chi connectivity index (χ0v) is 10.7. The largest absolute Gasteiger partial charge is 0.493 e. The number of para-hydroxylation sites is 1. The van der Waals surface area contributed by atoms with Gasteiger partial charge in [0.15, 0.2) is 0 Å². The highest BCUT2D eigenvalue weighted by Gasteiger charge is 2.23. The zero-order chi connectivity index (χ0) is 12.7. The molecule has 1 aromatic rings. The van der Waals surface area contributed by atoms with Gasteiger partial charge in [0.25, 0.3) is 0 Å². The van der Waals surface area contributed by atoms with Gasteiger partial charge < -0.3 is 9.47 Å².